The molecule has 0 spiro atoms. The quantitative estimate of drug-likeness (QED) is 0.923. The zero-order valence-electron chi connectivity index (χ0n) is 13.3. The first-order valence-corrected chi connectivity index (χ1v) is 8.47. The van der Waals surface area contributed by atoms with E-state index in [1.165, 1.54) is 32.1 Å². The molecular weight excluding hydrogens is 264 g/mol. The van der Waals surface area contributed by atoms with Crippen LogP contribution in [0.5, 0.6) is 0 Å². The first-order chi connectivity index (χ1) is 10.2. The lowest BCUT2D eigenvalue weighted by molar-refractivity contribution is 0.190. The number of hydrogen-bond acceptors (Lipinski definition) is 5. The van der Waals surface area contributed by atoms with E-state index in [4.69, 9.17) is 4.52 Å². The van der Waals surface area contributed by atoms with E-state index in [1.807, 2.05) is 0 Å². The minimum atomic E-state index is 0.251. The van der Waals surface area contributed by atoms with Crippen LogP contribution in [0.3, 0.4) is 0 Å². The molecule has 1 aliphatic carbocycles. The van der Waals surface area contributed by atoms with E-state index in [2.05, 4.69) is 34.3 Å². The number of rotatable bonds is 4. The van der Waals surface area contributed by atoms with Gasteiger partial charge in [-0.15, -0.1) is 0 Å². The standard InChI is InChI=1S/C16H28N4O/c1-12(13-6-4-3-5-7-13)10-15-18-16(19-21-15)14-11-17-8-9-20(14)2/h12-14,17H,3-11H2,1-2H3. The highest BCUT2D eigenvalue weighted by Gasteiger charge is 2.27. The number of nitrogens with zero attached hydrogens (tertiary/aromatic N) is 3. The van der Waals surface area contributed by atoms with Gasteiger partial charge in [0.2, 0.25) is 5.89 Å². The Hall–Kier alpha value is -0.940. The van der Waals surface area contributed by atoms with Crippen molar-refractivity contribution < 1.29 is 4.52 Å². The second-order valence-corrected chi connectivity index (χ2v) is 6.83. The van der Waals surface area contributed by atoms with Gasteiger partial charge in [0.25, 0.3) is 0 Å². The average molecular weight is 292 g/mol. The summed E-state index contributed by atoms with van der Waals surface area (Å²) in [6, 6.07) is 0.251. The lowest BCUT2D eigenvalue weighted by Gasteiger charge is -2.30. The first-order valence-electron chi connectivity index (χ1n) is 8.47. The smallest absolute Gasteiger partial charge is 0.226 e. The molecule has 0 radical (unpaired) electrons. The highest BCUT2D eigenvalue weighted by atomic mass is 16.5. The summed E-state index contributed by atoms with van der Waals surface area (Å²) >= 11 is 0. The third-order valence-corrected chi connectivity index (χ3v) is 5.24. The molecule has 2 aliphatic rings. The maximum absolute atomic E-state index is 5.51. The lowest BCUT2D eigenvalue weighted by atomic mass is 9.79. The fourth-order valence-electron chi connectivity index (χ4n) is 3.73. The molecular formula is C16H28N4O. The molecule has 0 aromatic carbocycles. The summed E-state index contributed by atoms with van der Waals surface area (Å²) in [5.74, 6) is 3.16. The number of piperazine rings is 1. The van der Waals surface area contributed by atoms with Crippen molar-refractivity contribution in [2.24, 2.45) is 11.8 Å². The predicted octanol–water partition coefficient (Wildman–Crippen LogP) is 2.40. The van der Waals surface area contributed by atoms with E-state index in [1.54, 1.807) is 0 Å². The molecule has 3 rings (SSSR count). The second-order valence-electron chi connectivity index (χ2n) is 6.83. The minimum Gasteiger partial charge on any atom is -0.339 e. The summed E-state index contributed by atoms with van der Waals surface area (Å²) in [6.45, 7) is 5.32. The molecule has 5 heteroatoms. The van der Waals surface area contributed by atoms with Crippen LogP contribution in [0.2, 0.25) is 0 Å². The van der Waals surface area contributed by atoms with E-state index in [0.29, 0.717) is 5.92 Å². The Labute approximate surface area is 127 Å². The molecule has 0 amide bonds. The molecule has 1 aromatic heterocycles. The van der Waals surface area contributed by atoms with Crippen molar-refractivity contribution in [2.75, 3.05) is 26.7 Å². The number of likely N-dealkylation sites (N-methyl/N-ethyl adjacent to an activating group) is 1. The Balaban J connectivity index is 1.59. The van der Waals surface area contributed by atoms with Crippen LogP contribution in [0.4, 0.5) is 0 Å². The maximum Gasteiger partial charge on any atom is 0.226 e. The zero-order valence-corrected chi connectivity index (χ0v) is 13.3. The van der Waals surface area contributed by atoms with Crippen LogP contribution >= 0.6 is 0 Å². The lowest BCUT2D eigenvalue weighted by Crippen LogP contribution is -2.44. The molecule has 0 bridgehead atoms. The number of nitrogens with one attached hydrogen (secondary N) is 1. The molecule has 1 saturated carbocycles. The normalized spacial score (nSPS) is 26.9. The Morgan fingerprint density at radius 1 is 1.33 bits per heavy atom. The summed E-state index contributed by atoms with van der Waals surface area (Å²) in [7, 11) is 2.13. The summed E-state index contributed by atoms with van der Waals surface area (Å²) in [6.07, 6.45) is 7.87. The third-order valence-electron chi connectivity index (χ3n) is 5.24. The molecule has 2 heterocycles. The van der Waals surface area contributed by atoms with Gasteiger partial charge in [0.15, 0.2) is 5.82 Å². The summed E-state index contributed by atoms with van der Waals surface area (Å²) < 4.78 is 5.51. The van der Waals surface area contributed by atoms with Gasteiger partial charge in [0.05, 0.1) is 6.04 Å². The Kier molecular flexibility index (Phi) is 4.91. The van der Waals surface area contributed by atoms with E-state index in [0.717, 1.165) is 43.7 Å². The molecule has 1 saturated heterocycles. The number of aromatic nitrogens is 2. The molecule has 2 atom stereocenters. The molecule has 21 heavy (non-hydrogen) atoms. The summed E-state index contributed by atoms with van der Waals surface area (Å²) in [5.41, 5.74) is 0. The fourth-order valence-corrected chi connectivity index (χ4v) is 3.73. The van der Waals surface area contributed by atoms with Crippen LogP contribution in [-0.4, -0.2) is 41.7 Å². The van der Waals surface area contributed by atoms with Gasteiger partial charge in [0, 0.05) is 26.1 Å². The van der Waals surface area contributed by atoms with Crippen molar-refractivity contribution in [2.45, 2.75) is 51.5 Å². The van der Waals surface area contributed by atoms with Crippen LogP contribution in [0.1, 0.15) is 56.8 Å². The van der Waals surface area contributed by atoms with Crippen molar-refractivity contribution in [1.82, 2.24) is 20.4 Å². The molecule has 5 nitrogen and oxygen atoms in total. The second kappa shape index (κ2) is 6.88. The van der Waals surface area contributed by atoms with Crippen LogP contribution in [0, 0.1) is 11.8 Å². The van der Waals surface area contributed by atoms with Crippen LogP contribution in [0.25, 0.3) is 0 Å². The van der Waals surface area contributed by atoms with Crippen LogP contribution < -0.4 is 5.32 Å². The Bertz CT molecular complexity index is 441. The van der Waals surface area contributed by atoms with E-state index >= 15 is 0 Å². The predicted molar refractivity (Wildman–Crippen MR) is 82.0 cm³/mol. The number of hydrogen-bond donors (Lipinski definition) is 1. The first kappa shape index (κ1) is 15.0. The van der Waals surface area contributed by atoms with Gasteiger partial charge < -0.3 is 9.84 Å². The Morgan fingerprint density at radius 2 is 2.14 bits per heavy atom. The zero-order chi connectivity index (χ0) is 14.7. The topological polar surface area (TPSA) is 54.2 Å². The van der Waals surface area contributed by atoms with Crippen molar-refractivity contribution in [3.63, 3.8) is 0 Å². The van der Waals surface area contributed by atoms with E-state index in [-0.39, 0.29) is 6.04 Å². The summed E-state index contributed by atoms with van der Waals surface area (Å²) in [4.78, 5) is 6.96. The molecule has 2 unspecified atom stereocenters. The minimum absolute atomic E-state index is 0.251. The molecule has 1 aromatic rings. The highest BCUT2D eigenvalue weighted by molar-refractivity contribution is 4.98. The highest BCUT2D eigenvalue weighted by Crippen LogP contribution is 2.31. The largest absolute Gasteiger partial charge is 0.339 e. The van der Waals surface area contributed by atoms with E-state index < -0.39 is 0 Å². The van der Waals surface area contributed by atoms with Gasteiger partial charge >= 0.3 is 0 Å². The molecule has 2 fully saturated rings. The SMILES string of the molecule is CC(Cc1nc(C2CNCCN2C)no1)C1CCCCC1. The van der Waals surface area contributed by atoms with Crippen molar-refractivity contribution in [3.8, 4) is 0 Å². The maximum atomic E-state index is 5.51. The van der Waals surface area contributed by atoms with Gasteiger partial charge in [-0.3, -0.25) is 4.90 Å². The summed E-state index contributed by atoms with van der Waals surface area (Å²) in [5, 5.41) is 7.62. The molecule has 1 aliphatic heterocycles. The van der Waals surface area contributed by atoms with Gasteiger partial charge in [-0.1, -0.05) is 44.2 Å². The third kappa shape index (κ3) is 3.64. The van der Waals surface area contributed by atoms with Crippen molar-refractivity contribution in [1.29, 1.82) is 0 Å². The van der Waals surface area contributed by atoms with Gasteiger partial charge in [-0.25, -0.2) is 0 Å². The van der Waals surface area contributed by atoms with Crippen molar-refractivity contribution in [3.05, 3.63) is 11.7 Å². The fraction of sp³-hybridized carbons (Fsp3) is 0.875. The van der Waals surface area contributed by atoms with Gasteiger partial charge in [-0.2, -0.15) is 4.98 Å². The van der Waals surface area contributed by atoms with Crippen molar-refractivity contribution >= 4 is 0 Å². The average Bonchev–Trinajstić information content (AvgIpc) is 2.97. The molecule has 1 N–H and O–H groups in total. The van der Waals surface area contributed by atoms with Gasteiger partial charge in [-0.05, 0) is 18.9 Å². The van der Waals surface area contributed by atoms with E-state index in [9.17, 15) is 0 Å². The monoisotopic (exact) mass is 292 g/mol. The van der Waals surface area contributed by atoms with Crippen LogP contribution in [-0.2, 0) is 6.42 Å². The Morgan fingerprint density at radius 3 is 2.90 bits per heavy atom. The van der Waals surface area contributed by atoms with Crippen LogP contribution in [0.15, 0.2) is 4.52 Å². The van der Waals surface area contributed by atoms with Gasteiger partial charge in [0.1, 0.15) is 0 Å². The molecule has 118 valence electrons.